The van der Waals surface area contributed by atoms with E-state index in [2.05, 4.69) is 18.2 Å². The highest BCUT2D eigenvalue weighted by Gasteiger charge is 2.28. The van der Waals surface area contributed by atoms with Gasteiger partial charge in [-0.1, -0.05) is 72.8 Å². The van der Waals surface area contributed by atoms with Gasteiger partial charge < -0.3 is 4.90 Å². The Balaban J connectivity index is 1.27. The third-order valence-electron chi connectivity index (χ3n) is 6.88. The van der Waals surface area contributed by atoms with Gasteiger partial charge in [-0.15, -0.1) is 0 Å². The minimum Gasteiger partial charge on any atom is -0.342 e. The molecular weight excluding hydrogens is 424 g/mol. The van der Waals surface area contributed by atoms with Crippen molar-refractivity contribution < 1.29 is 4.79 Å². The lowest BCUT2D eigenvalue weighted by Crippen LogP contribution is -2.39. The number of rotatable bonds is 6. The van der Waals surface area contributed by atoms with Gasteiger partial charge in [0.05, 0.1) is 13.0 Å². The van der Waals surface area contributed by atoms with Gasteiger partial charge in [-0.05, 0) is 41.7 Å². The van der Waals surface area contributed by atoms with Crippen LogP contribution in [0.5, 0.6) is 0 Å². The molecule has 1 amide bonds. The first kappa shape index (κ1) is 22.1. The van der Waals surface area contributed by atoms with E-state index in [1.54, 1.807) is 9.25 Å². The molecule has 0 saturated carbocycles. The minimum atomic E-state index is -0.0594. The Labute approximate surface area is 199 Å². The molecule has 3 aromatic carbocycles. The zero-order valence-corrected chi connectivity index (χ0v) is 19.6. The first-order valence-electron chi connectivity index (χ1n) is 12.1. The highest BCUT2D eigenvalue weighted by molar-refractivity contribution is 5.90. The molecule has 1 saturated heterocycles. The molecule has 0 aliphatic carbocycles. The number of fused-ring (bicyclic) bond motifs is 1. The molecular formula is C28H30N4O2. The summed E-state index contributed by atoms with van der Waals surface area (Å²) in [6.45, 7) is 4.45. The van der Waals surface area contributed by atoms with Crippen LogP contribution in [0, 0.1) is 0 Å². The predicted octanol–water partition coefficient (Wildman–Crippen LogP) is 4.21. The zero-order valence-electron chi connectivity index (χ0n) is 19.6. The van der Waals surface area contributed by atoms with Crippen molar-refractivity contribution >= 4 is 16.7 Å². The summed E-state index contributed by atoms with van der Waals surface area (Å²) in [4.78, 5) is 28.0. The van der Waals surface area contributed by atoms with E-state index in [1.165, 1.54) is 0 Å². The zero-order chi connectivity index (χ0) is 23.5. The van der Waals surface area contributed by atoms with E-state index in [1.807, 2.05) is 66.4 Å². The van der Waals surface area contributed by atoms with Gasteiger partial charge in [0.15, 0.2) is 0 Å². The van der Waals surface area contributed by atoms with Crippen LogP contribution in [0.25, 0.3) is 10.8 Å². The van der Waals surface area contributed by atoms with Crippen molar-refractivity contribution in [3.05, 3.63) is 100 Å². The summed E-state index contributed by atoms with van der Waals surface area (Å²) >= 11 is 0. The van der Waals surface area contributed by atoms with Crippen LogP contribution in [0.2, 0.25) is 0 Å². The summed E-state index contributed by atoms with van der Waals surface area (Å²) in [5, 5.41) is 7.04. The second-order valence-corrected chi connectivity index (χ2v) is 9.00. The van der Waals surface area contributed by atoms with Crippen LogP contribution >= 0.6 is 0 Å². The summed E-state index contributed by atoms with van der Waals surface area (Å²) in [5.41, 5.74) is 2.08. The second-order valence-electron chi connectivity index (χ2n) is 9.00. The molecule has 0 atom stereocenters. The molecule has 0 radical (unpaired) electrons. The fourth-order valence-corrected chi connectivity index (χ4v) is 5.02. The first-order chi connectivity index (χ1) is 16.6. The lowest BCUT2D eigenvalue weighted by molar-refractivity contribution is -0.131. The third-order valence-corrected chi connectivity index (χ3v) is 6.88. The first-order valence-corrected chi connectivity index (χ1v) is 12.1. The van der Waals surface area contributed by atoms with E-state index in [-0.39, 0.29) is 17.5 Å². The number of hydrogen-bond donors (Lipinski definition) is 0. The molecule has 0 unspecified atom stereocenters. The van der Waals surface area contributed by atoms with Gasteiger partial charge in [-0.25, -0.2) is 9.48 Å². The van der Waals surface area contributed by atoms with Gasteiger partial charge in [0.1, 0.15) is 5.82 Å². The highest BCUT2D eigenvalue weighted by atomic mass is 16.2. The monoisotopic (exact) mass is 454 g/mol. The largest absolute Gasteiger partial charge is 0.346 e. The molecule has 0 spiro atoms. The molecule has 34 heavy (non-hydrogen) atoms. The number of carbonyl (C=O) groups is 1. The van der Waals surface area contributed by atoms with Gasteiger partial charge in [0, 0.05) is 25.6 Å². The van der Waals surface area contributed by atoms with E-state index in [0.717, 1.165) is 40.6 Å². The number of aromatic nitrogens is 3. The molecule has 174 valence electrons. The normalized spacial score (nSPS) is 14.6. The number of amides is 1. The summed E-state index contributed by atoms with van der Waals surface area (Å²) in [6.07, 6.45) is 2.06. The van der Waals surface area contributed by atoms with E-state index in [9.17, 15) is 9.59 Å². The molecule has 0 bridgehead atoms. The Morgan fingerprint density at radius 2 is 1.65 bits per heavy atom. The van der Waals surface area contributed by atoms with E-state index >= 15 is 0 Å². The van der Waals surface area contributed by atoms with Crippen molar-refractivity contribution in [3.8, 4) is 0 Å². The molecule has 6 heteroatoms. The lowest BCUT2D eigenvalue weighted by Gasteiger charge is -2.31. The molecule has 4 aromatic rings. The Morgan fingerprint density at radius 1 is 0.941 bits per heavy atom. The van der Waals surface area contributed by atoms with Crippen molar-refractivity contribution in [3.63, 3.8) is 0 Å². The van der Waals surface area contributed by atoms with Gasteiger partial charge in [0.25, 0.3) is 0 Å². The SMILES string of the molecule is CCn1c(C2CCN(C(=O)Cc3cccc4ccccc34)CC2)nn(Cc2ccccc2)c1=O. The fourth-order valence-electron chi connectivity index (χ4n) is 5.02. The summed E-state index contributed by atoms with van der Waals surface area (Å²) < 4.78 is 3.37. The summed E-state index contributed by atoms with van der Waals surface area (Å²) in [6, 6.07) is 24.3. The Kier molecular flexibility index (Phi) is 6.30. The van der Waals surface area contributed by atoms with Gasteiger partial charge >= 0.3 is 5.69 Å². The Bertz CT molecular complexity index is 1340. The van der Waals surface area contributed by atoms with Gasteiger partial charge in [0.2, 0.25) is 5.91 Å². The van der Waals surface area contributed by atoms with Crippen LogP contribution < -0.4 is 5.69 Å². The quantitative estimate of drug-likeness (QED) is 0.438. The van der Waals surface area contributed by atoms with Crippen LogP contribution in [-0.4, -0.2) is 38.2 Å². The van der Waals surface area contributed by atoms with Crippen LogP contribution in [-0.2, 0) is 24.3 Å². The average Bonchev–Trinajstić information content (AvgIpc) is 3.19. The molecule has 1 fully saturated rings. The van der Waals surface area contributed by atoms with Crippen molar-refractivity contribution in [2.75, 3.05) is 13.1 Å². The van der Waals surface area contributed by atoms with Crippen LogP contribution in [0.3, 0.4) is 0 Å². The van der Waals surface area contributed by atoms with Crippen molar-refractivity contribution in [2.24, 2.45) is 0 Å². The van der Waals surface area contributed by atoms with Gasteiger partial charge in [-0.3, -0.25) is 9.36 Å². The van der Waals surface area contributed by atoms with Crippen LogP contribution in [0.4, 0.5) is 0 Å². The maximum Gasteiger partial charge on any atom is 0.346 e. The molecule has 5 rings (SSSR count). The Hall–Kier alpha value is -3.67. The van der Waals surface area contributed by atoms with E-state index in [4.69, 9.17) is 5.10 Å². The second kappa shape index (κ2) is 9.67. The number of benzene rings is 3. The average molecular weight is 455 g/mol. The lowest BCUT2D eigenvalue weighted by atomic mass is 9.95. The summed E-state index contributed by atoms with van der Waals surface area (Å²) in [5.74, 6) is 1.20. The number of carbonyl (C=O) groups excluding carboxylic acids is 1. The number of nitrogens with zero attached hydrogens (tertiary/aromatic N) is 4. The molecule has 0 N–H and O–H groups in total. The van der Waals surface area contributed by atoms with E-state index in [0.29, 0.717) is 32.6 Å². The number of likely N-dealkylation sites (tertiary alicyclic amines) is 1. The smallest absolute Gasteiger partial charge is 0.342 e. The fraction of sp³-hybridized carbons (Fsp3) is 0.321. The highest BCUT2D eigenvalue weighted by Crippen LogP contribution is 2.27. The predicted molar refractivity (Wildman–Crippen MR) is 134 cm³/mol. The van der Waals surface area contributed by atoms with Crippen molar-refractivity contribution in [2.45, 2.75) is 45.2 Å². The van der Waals surface area contributed by atoms with Gasteiger partial charge in [-0.2, -0.15) is 5.10 Å². The van der Waals surface area contributed by atoms with Crippen molar-refractivity contribution in [1.82, 2.24) is 19.2 Å². The molecule has 1 aromatic heterocycles. The van der Waals surface area contributed by atoms with Crippen LogP contribution in [0.1, 0.15) is 42.6 Å². The number of piperidine rings is 1. The summed E-state index contributed by atoms with van der Waals surface area (Å²) in [7, 11) is 0. The molecule has 6 nitrogen and oxygen atoms in total. The molecule has 1 aliphatic heterocycles. The van der Waals surface area contributed by atoms with E-state index < -0.39 is 0 Å². The standard InChI is InChI=1S/C28H30N4O2/c1-2-31-27(29-32(28(31)34)20-21-9-4-3-5-10-21)23-15-17-30(18-16-23)26(33)19-24-13-8-12-22-11-6-7-14-25(22)24/h3-14,23H,2,15-20H2,1H3. The number of hydrogen-bond acceptors (Lipinski definition) is 3. The van der Waals surface area contributed by atoms with Crippen molar-refractivity contribution in [1.29, 1.82) is 0 Å². The third kappa shape index (κ3) is 4.40. The molecule has 1 aliphatic rings. The maximum atomic E-state index is 13.1. The van der Waals surface area contributed by atoms with Crippen LogP contribution in [0.15, 0.2) is 77.6 Å². The Morgan fingerprint density at radius 3 is 2.41 bits per heavy atom. The maximum absolute atomic E-state index is 13.1. The topological polar surface area (TPSA) is 60.1 Å². The minimum absolute atomic E-state index is 0.0594. The molecule has 2 heterocycles.